The lowest BCUT2D eigenvalue weighted by atomic mass is 10.2. The van der Waals surface area contributed by atoms with Crippen molar-refractivity contribution < 1.29 is 14.0 Å². The normalized spacial score (nSPS) is 18.4. The number of benzene rings is 1. The van der Waals surface area contributed by atoms with Crippen molar-refractivity contribution in [2.75, 3.05) is 16.9 Å². The van der Waals surface area contributed by atoms with Crippen LogP contribution in [0.1, 0.15) is 20.3 Å². The van der Waals surface area contributed by atoms with Gasteiger partial charge in [0.1, 0.15) is 11.9 Å². The van der Waals surface area contributed by atoms with Crippen LogP contribution in [0.4, 0.5) is 10.1 Å². The van der Waals surface area contributed by atoms with Crippen molar-refractivity contribution in [1.82, 2.24) is 4.90 Å². The van der Waals surface area contributed by atoms with E-state index in [9.17, 15) is 14.0 Å². The molecule has 0 aliphatic carbocycles. The zero-order chi connectivity index (χ0) is 16.1. The molecule has 2 rings (SSSR count). The molecule has 4 nitrogen and oxygen atoms in total. The van der Waals surface area contributed by atoms with E-state index < -0.39 is 11.9 Å². The Bertz CT molecular complexity index is 604. The Morgan fingerprint density at radius 1 is 1.50 bits per heavy atom. The number of amides is 2. The number of rotatable bonds is 4. The molecule has 2 amide bonds. The van der Waals surface area contributed by atoms with Crippen LogP contribution in [0.15, 0.2) is 35.9 Å². The summed E-state index contributed by atoms with van der Waals surface area (Å²) in [5, 5.41) is 2.67. The third-order valence-electron chi connectivity index (χ3n) is 3.39. The van der Waals surface area contributed by atoms with Crippen LogP contribution in [-0.2, 0) is 9.59 Å². The quantitative estimate of drug-likeness (QED) is 0.867. The zero-order valence-electron chi connectivity index (χ0n) is 12.6. The number of hydrogen-bond donors (Lipinski definition) is 1. The summed E-state index contributed by atoms with van der Waals surface area (Å²) >= 11 is 1.54. The highest BCUT2D eigenvalue weighted by molar-refractivity contribution is 7.99. The first-order valence-corrected chi connectivity index (χ1v) is 8.30. The lowest BCUT2D eigenvalue weighted by molar-refractivity contribution is -0.133. The van der Waals surface area contributed by atoms with Gasteiger partial charge in [-0.2, -0.15) is 0 Å². The maximum Gasteiger partial charge on any atom is 0.250 e. The van der Waals surface area contributed by atoms with Crippen molar-refractivity contribution in [2.45, 2.75) is 26.3 Å². The molecule has 0 spiro atoms. The molecule has 1 aliphatic rings. The average Bonchev–Trinajstić information content (AvgIpc) is 2.96. The van der Waals surface area contributed by atoms with Crippen LogP contribution in [0.5, 0.6) is 0 Å². The van der Waals surface area contributed by atoms with E-state index in [-0.39, 0.29) is 11.8 Å². The van der Waals surface area contributed by atoms with Gasteiger partial charge in [0.25, 0.3) is 5.91 Å². The largest absolute Gasteiger partial charge is 0.324 e. The van der Waals surface area contributed by atoms with Gasteiger partial charge in [-0.15, -0.1) is 11.8 Å². The van der Waals surface area contributed by atoms with E-state index in [0.717, 1.165) is 6.42 Å². The molecule has 22 heavy (non-hydrogen) atoms. The second kappa shape index (κ2) is 7.45. The number of anilines is 1. The number of thioether (sulfide) groups is 1. The highest BCUT2D eigenvalue weighted by atomic mass is 32.2. The predicted molar refractivity (Wildman–Crippen MR) is 87.0 cm³/mol. The molecule has 1 N–H and O–H groups in total. The van der Waals surface area contributed by atoms with Gasteiger partial charge in [-0.3, -0.25) is 9.59 Å². The fraction of sp³-hybridized carbons (Fsp3) is 0.375. The Morgan fingerprint density at radius 2 is 2.27 bits per heavy atom. The molecule has 0 radical (unpaired) electrons. The highest BCUT2D eigenvalue weighted by Crippen LogP contribution is 2.24. The van der Waals surface area contributed by atoms with Gasteiger partial charge in [0.05, 0.1) is 5.88 Å². The summed E-state index contributed by atoms with van der Waals surface area (Å²) in [7, 11) is 0. The van der Waals surface area contributed by atoms with E-state index in [4.69, 9.17) is 0 Å². The van der Waals surface area contributed by atoms with Crippen molar-refractivity contribution in [3.05, 3.63) is 41.7 Å². The highest BCUT2D eigenvalue weighted by Gasteiger charge is 2.35. The maximum absolute atomic E-state index is 13.2. The summed E-state index contributed by atoms with van der Waals surface area (Å²) in [4.78, 5) is 26.3. The van der Waals surface area contributed by atoms with Crippen LogP contribution in [0.3, 0.4) is 0 Å². The number of halogens is 1. The Labute approximate surface area is 133 Å². The van der Waals surface area contributed by atoms with E-state index in [0.29, 0.717) is 22.9 Å². The minimum atomic E-state index is -0.527. The SMILES string of the molecule is CC/C=C(/C)C(=O)N1CSCC1C(=O)Nc1cccc(F)c1. The van der Waals surface area contributed by atoms with Gasteiger partial charge in [0.15, 0.2) is 0 Å². The summed E-state index contributed by atoms with van der Waals surface area (Å²) in [6, 6.07) is 5.20. The molecular weight excluding hydrogens is 303 g/mol. The van der Waals surface area contributed by atoms with Gasteiger partial charge in [0, 0.05) is 17.0 Å². The first-order valence-electron chi connectivity index (χ1n) is 7.14. The maximum atomic E-state index is 13.2. The van der Waals surface area contributed by atoms with Crippen molar-refractivity contribution in [1.29, 1.82) is 0 Å². The average molecular weight is 322 g/mol. The van der Waals surface area contributed by atoms with Crippen LogP contribution in [0, 0.1) is 5.82 Å². The fourth-order valence-electron chi connectivity index (χ4n) is 2.27. The smallest absolute Gasteiger partial charge is 0.250 e. The topological polar surface area (TPSA) is 49.4 Å². The number of allylic oxidation sites excluding steroid dienone is 1. The number of hydrogen-bond acceptors (Lipinski definition) is 3. The Morgan fingerprint density at radius 3 is 2.95 bits per heavy atom. The lowest BCUT2D eigenvalue weighted by Gasteiger charge is -2.23. The molecule has 1 fully saturated rings. The van der Waals surface area contributed by atoms with E-state index >= 15 is 0 Å². The van der Waals surface area contributed by atoms with Crippen LogP contribution >= 0.6 is 11.8 Å². The molecule has 1 aromatic carbocycles. The standard InChI is InChI=1S/C16H19FN2O2S/c1-3-5-11(2)16(21)19-10-22-9-14(19)15(20)18-13-7-4-6-12(17)8-13/h4-8,14H,3,9-10H2,1-2H3,(H,18,20)/b11-5-. The van der Waals surface area contributed by atoms with E-state index in [1.165, 1.54) is 30.0 Å². The minimum Gasteiger partial charge on any atom is -0.324 e. The van der Waals surface area contributed by atoms with E-state index in [2.05, 4.69) is 5.32 Å². The Hall–Kier alpha value is -1.82. The molecule has 1 aliphatic heterocycles. The second-order valence-electron chi connectivity index (χ2n) is 5.09. The van der Waals surface area contributed by atoms with E-state index in [1.807, 2.05) is 13.0 Å². The number of carbonyl (C=O) groups is 2. The first-order chi connectivity index (χ1) is 10.5. The molecule has 0 aromatic heterocycles. The van der Waals surface area contributed by atoms with Crippen molar-refractivity contribution in [3.8, 4) is 0 Å². The number of nitrogens with one attached hydrogen (secondary N) is 1. The number of carbonyl (C=O) groups excluding carboxylic acids is 2. The van der Waals surface area contributed by atoms with Gasteiger partial charge in [-0.25, -0.2) is 4.39 Å². The van der Waals surface area contributed by atoms with Crippen LogP contribution < -0.4 is 5.32 Å². The summed E-state index contributed by atoms with van der Waals surface area (Å²) in [6.07, 6.45) is 2.63. The van der Waals surface area contributed by atoms with Crippen molar-refractivity contribution in [2.24, 2.45) is 0 Å². The number of nitrogens with zero attached hydrogens (tertiary/aromatic N) is 1. The first kappa shape index (κ1) is 16.5. The molecule has 1 atom stereocenters. The molecule has 118 valence electrons. The minimum absolute atomic E-state index is 0.119. The molecule has 1 heterocycles. The third-order valence-corrected chi connectivity index (χ3v) is 4.40. The van der Waals surface area contributed by atoms with Crippen LogP contribution in [0.25, 0.3) is 0 Å². The molecule has 0 bridgehead atoms. The van der Waals surface area contributed by atoms with Gasteiger partial charge in [-0.1, -0.05) is 19.1 Å². The van der Waals surface area contributed by atoms with E-state index in [1.54, 1.807) is 17.9 Å². The van der Waals surface area contributed by atoms with Crippen molar-refractivity contribution in [3.63, 3.8) is 0 Å². The van der Waals surface area contributed by atoms with Crippen LogP contribution in [0.2, 0.25) is 0 Å². The Kier molecular flexibility index (Phi) is 5.60. The summed E-state index contributed by atoms with van der Waals surface area (Å²) in [5.74, 6) is 0.231. The summed E-state index contributed by atoms with van der Waals surface area (Å²) in [6.45, 7) is 3.72. The van der Waals surface area contributed by atoms with Crippen LogP contribution in [-0.4, -0.2) is 34.4 Å². The lowest BCUT2D eigenvalue weighted by Crippen LogP contribution is -2.44. The second-order valence-corrected chi connectivity index (χ2v) is 6.09. The molecule has 1 saturated heterocycles. The molecule has 6 heteroatoms. The molecule has 1 aromatic rings. The predicted octanol–water partition coefficient (Wildman–Crippen LogP) is 3.02. The summed E-state index contributed by atoms with van der Waals surface area (Å²) < 4.78 is 13.2. The van der Waals surface area contributed by atoms with Gasteiger partial charge in [-0.05, 0) is 31.5 Å². The van der Waals surface area contributed by atoms with Gasteiger partial charge >= 0.3 is 0 Å². The summed E-state index contributed by atoms with van der Waals surface area (Å²) in [5.41, 5.74) is 1.05. The third kappa shape index (κ3) is 3.88. The molecule has 1 unspecified atom stereocenters. The molecular formula is C16H19FN2O2S. The van der Waals surface area contributed by atoms with Crippen molar-refractivity contribution >= 4 is 29.3 Å². The zero-order valence-corrected chi connectivity index (χ0v) is 13.5. The monoisotopic (exact) mass is 322 g/mol. The fourth-order valence-corrected chi connectivity index (χ4v) is 3.43. The molecule has 0 saturated carbocycles. The van der Waals surface area contributed by atoms with Gasteiger partial charge < -0.3 is 10.2 Å². The Balaban J connectivity index is 2.08. The van der Waals surface area contributed by atoms with Gasteiger partial charge in [0.2, 0.25) is 5.91 Å².